The first-order valence-electron chi connectivity index (χ1n) is 7.43. The van der Waals surface area contributed by atoms with E-state index in [1.165, 1.54) is 5.75 Å². The molecule has 0 bridgehead atoms. The lowest BCUT2D eigenvalue weighted by molar-refractivity contribution is 0.216. The number of hydrogen-bond acceptors (Lipinski definition) is 6. The molecule has 3 rings (SSSR count). The summed E-state index contributed by atoms with van der Waals surface area (Å²) in [4.78, 5) is 2.38. The van der Waals surface area contributed by atoms with E-state index in [9.17, 15) is 0 Å². The van der Waals surface area contributed by atoms with Crippen molar-refractivity contribution < 1.29 is 9.47 Å². The van der Waals surface area contributed by atoms with Gasteiger partial charge in [-0.1, -0.05) is 6.07 Å². The molecule has 1 aromatic carbocycles. The number of benzene rings is 1. The SMILES string of the molecule is CN1CCSCC1C(NN)c1ccc2c(c1)OCCCO2. The molecule has 1 saturated heterocycles. The van der Waals surface area contributed by atoms with E-state index in [2.05, 4.69) is 29.5 Å². The summed E-state index contributed by atoms with van der Waals surface area (Å²) >= 11 is 1.98. The Labute approximate surface area is 130 Å². The average Bonchev–Trinajstić information content (AvgIpc) is 2.75. The second kappa shape index (κ2) is 6.87. The number of hydrogen-bond donors (Lipinski definition) is 2. The predicted molar refractivity (Wildman–Crippen MR) is 85.9 cm³/mol. The zero-order valence-electron chi connectivity index (χ0n) is 12.4. The third-order valence-electron chi connectivity index (χ3n) is 4.14. The molecule has 0 aliphatic carbocycles. The number of thioether (sulfide) groups is 1. The molecule has 0 amide bonds. The third kappa shape index (κ3) is 3.29. The summed E-state index contributed by atoms with van der Waals surface area (Å²) in [5, 5.41) is 0. The summed E-state index contributed by atoms with van der Waals surface area (Å²) in [5.41, 5.74) is 4.14. The quantitative estimate of drug-likeness (QED) is 0.650. The van der Waals surface area contributed by atoms with Gasteiger partial charge in [-0.25, -0.2) is 0 Å². The molecule has 2 unspecified atom stereocenters. The topological polar surface area (TPSA) is 59.8 Å². The van der Waals surface area contributed by atoms with Gasteiger partial charge in [0.15, 0.2) is 11.5 Å². The largest absolute Gasteiger partial charge is 0.490 e. The van der Waals surface area contributed by atoms with E-state index in [4.69, 9.17) is 15.3 Å². The van der Waals surface area contributed by atoms with Gasteiger partial charge in [-0.05, 0) is 24.7 Å². The van der Waals surface area contributed by atoms with E-state index in [1.807, 2.05) is 17.8 Å². The van der Waals surface area contributed by atoms with Crippen molar-refractivity contribution in [1.82, 2.24) is 10.3 Å². The maximum absolute atomic E-state index is 5.85. The molecule has 5 nitrogen and oxygen atoms in total. The highest BCUT2D eigenvalue weighted by molar-refractivity contribution is 7.99. The van der Waals surface area contributed by atoms with Gasteiger partial charge < -0.3 is 9.47 Å². The summed E-state index contributed by atoms with van der Waals surface area (Å²) in [6, 6.07) is 6.64. The van der Waals surface area contributed by atoms with Crippen LogP contribution in [-0.4, -0.2) is 49.3 Å². The van der Waals surface area contributed by atoms with E-state index in [-0.39, 0.29) is 6.04 Å². The minimum absolute atomic E-state index is 0.0972. The van der Waals surface area contributed by atoms with Gasteiger partial charge in [-0.3, -0.25) is 16.2 Å². The number of nitrogens with two attached hydrogens (primary N) is 1. The highest BCUT2D eigenvalue weighted by Gasteiger charge is 2.29. The maximum Gasteiger partial charge on any atom is 0.161 e. The molecule has 3 N–H and O–H groups in total. The number of hydrazine groups is 1. The first-order chi connectivity index (χ1) is 10.3. The fourth-order valence-corrected chi connectivity index (χ4v) is 4.13. The zero-order valence-corrected chi connectivity index (χ0v) is 13.2. The van der Waals surface area contributed by atoms with Crippen LogP contribution in [0.1, 0.15) is 18.0 Å². The lowest BCUT2D eigenvalue weighted by atomic mass is 9.99. The van der Waals surface area contributed by atoms with Gasteiger partial charge in [0, 0.05) is 30.5 Å². The molecule has 0 saturated carbocycles. The van der Waals surface area contributed by atoms with Crippen molar-refractivity contribution >= 4 is 11.8 Å². The summed E-state index contributed by atoms with van der Waals surface area (Å²) < 4.78 is 11.5. The molecule has 116 valence electrons. The summed E-state index contributed by atoms with van der Waals surface area (Å²) in [5.74, 6) is 9.78. The average molecular weight is 309 g/mol. The van der Waals surface area contributed by atoms with Gasteiger partial charge in [0.05, 0.1) is 19.3 Å². The Hall–Kier alpha value is -0.950. The van der Waals surface area contributed by atoms with Crippen LogP contribution in [0.4, 0.5) is 0 Å². The second-order valence-electron chi connectivity index (χ2n) is 5.52. The van der Waals surface area contributed by atoms with Gasteiger partial charge >= 0.3 is 0 Å². The molecule has 21 heavy (non-hydrogen) atoms. The fraction of sp³-hybridized carbons (Fsp3) is 0.600. The predicted octanol–water partition coefficient (Wildman–Crippen LogP) is 1.40. The Balaban J connectivity index is 1.85. The highest BCUT2D eigenvalue weighted by Crippen LogP contribution is 2.34. The molecular weight excluding hydrogens is 286 g/mol. The van der Waals surface area contributed by atoms with E-state index in [0.717, 1.165) is 35.8 Å². The second-order valence-corrected chi connectivity index (χ2v) is 6.67. The van der Waals surface area contributed by atoms with E-state index < -0.39 is 0 Å². The molecule has 1 fully saturated rings. The monoisotopic (exact) mass is 309 g/mol. The Morgan fingerprint density at radius 3 is 2.90 bits per heavy atom. The van der Waals surface area contributed by atoms with Gasteiger partial charge in [0.1, 0.15) is 0 Å². The third-order valence-corrected chi connectivity index (χ3v) is 5.19. The normalized spacial score (nSPS) is 24.4. The van der Waals surface area contributed by atoms with Crippen LogP contribution < -0.4 is 20.7 Å². The number of nitrogens with one attached hydrogen (secondary N) is 1. The standard InChI is InChI=1S/C15H23N3O2S/c1-18-5-8-21-10-12(18)15(17-16)11-3-4-13-14(9-11)20-7-2-6-19-13/h3-4,9,12,15,17H,2,5-8,10,16H2,1H3. The summed E-state index contributed by atoms with van der Waals surface area (Å²) in [6.07, 6.45) is 0.921. The molecule has 1 aromatic rings. The maximum atomic E-state index is 5.85. The van der Waals surface area contributed by atoms with Crippen LogP contribution in [0.3, 0.4) is 0 Å². The van der Waals surface area contributed by atoms with Crippen molar-refractivity contribution in [3.05, 3.63) is 23.8 Å². The molecule has 2 heterocycles. The van der Waals surface area contributed by atoms with Crippen LogP contribution in [-0.2, 0) is 0 Å². The molecule has 0 aromatic heterocycles. The van der Waals surface area contributed by atoms with Crippen molar-refractivity contribution in [1.29, 1.82) is 0 Å². The van der Waals surface area contributed by atoms with Crippen LogP contribution in [0.25, 0.3) is 0 Å². The smallest absolute Gasteiger partial charge is 0.161 e. The minimum Gasteiger partial charge on any atom is -0.490 e. The first-order valence-corrected chi connectivity index (χ1v) is 8.58. The van der Waals surface area contributed by atoms with Crippen molar-refractivity contribution in [2.75, 3.05) is 38.3 Å². The number of nitrogens with zero attached hydrogens (tertiary/aromatic N) is 1. The Kier molecular flexibility index (Phi) is 4.90. The fourth-order valence-electron chi connectivity index (χ4n) is 2.86. The lowest BCUT2D eigenvalue weighted by Gasteiger charge is -2.37. The molecule has 2 atom stereocenters. The van der Waals surface area contributed by atoms with Gasteiger partial charge in [-0.2, -0.15) is 11.8 Å². The molecule has 2 aliphatic rings. The lowest BCUT2D eigenvalue weighted by Crippen LogP contribution is -2.49. The summed E-state index contributed by atoms with van der Waals surface area (Å²) in [7, 11) is 2.16. The van der Waals surface area contributed by atoms with Crippen LogP contribution in [0, 0.1) is 0 Å². The van der Waals surface area contributed by atoms with E-state index in [1.54, 1.807) is 0 Å². The molecule has 2 aliphatic heterocycles. The Morgan fingerprint density at radius 2 is 2.14 bits per heavy atom. The van der Waals surface area contributed by atoms with Crippen molar-refractivity contribution in [3.63, 3.8) is 0 Å². The van der Waals surface area contributed by atoms with Gasteiger partial charge in [0.25, 0.3) is 0 Å². The Bertz CT molecular complexity index is 486. The van der Waals surface area contributed by atoms with Crippen molar-refractivity contribution in [2.45, 2.75) is 18.5 Å². The number of fused-ring (bicyclic) bond motifs is 1. The molecule has 0 spiro atoms. The van der Waals surface area contributed by atoms with Gasteiger partial charge in [0.2, 0.25) is 0 Å². The number of likely N-dealkylation sites (N-methyl/N-ethyl adjacent to an activating group) is 1. The number of ether oxygens (including phenoxy) is 2. The zero-order chi connectivity index (χ0) is 14.7. The van der Waals surface area contributed by atoms with Crippen molar-refractivity contribution in [2.24, 2.45) is 5.84 Å². The van der Waals surface area contributed by atoms with Crippen LogP contribution >= 0.6 is 11.8 Å². The summed E-state index contributed by atoms with van der Waals surface area (Å²) in [6.45, 7) is 2.52. The van der Waals surface area contributed by atoms with E-state index >= 15 is 0 Å². The van der Waals surface area contributed by atoms with Crippen molar-refractivity contribution in [3.8, 4) is 11.5 Å². The molecular formula is C15H23N3O2S. The van der Waals surface area contributed by atoms with Crippen LogP contribution in [0.5, 0.6) is 11.5 Å². The van der Waals surface area contributed by atoms with E-state index in [0.29, 0.717) is 19.3 Å². The first kappa shape index (κ1) is 15.0. The van der Waals surface area contributed by atoms with Crippen LogP contribution in [0.2, 0.25) is 0 Å². The molecule has 0 radical (unpaired) electrons. The van der Waals surface area contributed by atoms with Gasteiger partial charge in [-0.15, -0.1) is 0 Å². The highest BCUT2D eigenvalue weighted by atomic mass is 32.2. The van der Waals surface area contributed by atoms with Crippen LogP contribution in [0.15, 0.2) is 18.2 Å². The Morgan fingerprint density at radius 1 is 1.33 bits per heavy atom. The number of rotatable bonds is 3. The minimum atomic E-state index is 0.0972. The molecule has 6 heteroatoms.